The number of hydrogen-bond acceptors (Lipinski definition) is 2. The van der Waals surface area contributed by atoms with Crippen LogP contribution in [0.5, 0.6) is 0 Å². The predicted molar refractivity (Wildman–Crippen MR) is 85.5 cm³/mol. The third-order valence-corrected chi connectivity index (χ3v) is 5.49. The van der Waals surface area contributed by atoms with Crippen LogP contribution in [0.4, 0.5) is 0 Å². The van der Waals surface area contributed by atoms with Crippen LogP contribution in [0.15, 0.2) is 53.4 Å². The Labute approximate surface area is 129 Å². The first-order valence-corrected chi connectivity index (χ1v) is 8.22. The minimum atomic E-state index is -0.288. The molecule has 1 atom stereocenters. The van der Waals surface area contributed by atoms with Gasteiger partial charge in [0.25, 0.3) is 0 Å². The summed E-state index contributed by atoms with van der Waals surface area (Å²) in [4.78, 5) is 1.05. The van der Waals surface area contributed by atoms with Crippen LogP contribution in [0.2, 0.25) is 5.02 Å². The highest BCUT2D eigenvalue weighted by Crippen LogP contribution is 2.32. The quantitative estimate of drug-likeness (QED) is 0.854. The second-order valence-corrected chi connectivity index (χ2v) is 6.71. The Morgan fingerprint density at radius 3 is 2.30 bits per heavy atom. The summed E-state index contributed by atoms with van der Waals surface area (Å²) in [6.07, 6.45) is 1.68. The Morgan fingerprint density at radius 2 is 1.65 bits per heavy atom. The summed E-state index contributed by atoms with van der Waals surface area (Å²) < 4.78 is 0. The lowest BCUT2D eigenvalue weighted by Gasteiger charge is -2.17. The van der Waals surface area contributed by atoms with Crippen molar-refractivity contribution in [3.8, 4) is 0 Å². The first-order chi connectivity index (χ1) is 9.74. The minimum Gasteiger partial charge on any atom is -0.392 e. The molecule has 1 N–H and O–H groups in total. The average Bonchev–Trinajstić information content (AvgIpc) is 2.90. The Hall–Kier alpha value is -0.960. The maximum absolute atomic E-state index is 10.4. The normalized spacial score (nSPS) is 16.1. The van der Waals surface area contributed by atoms with Crippen molar-refractivity contribution in [2.45, 2.75) is 23.8 Å². The van der Waals surface area contributed by atoms with Gasteiger partial charge in [-0.25, -0.2) is 0 Å². The van der Waals surface area contributed by atoms with E-state index in [1.165, 1.54) is 11.1 Å². The van der Waals surface area contributed by atoms with Crippen molar-refractivity contribution in [1.29, 1.82) is 0 Å². The largest absolute Gasteiger partial charge is 0.392 e. The molecule has 0 aliphatic heterocycles. The molecule has 0 heterocycles. The van der Waals surface area contributed by atoms with Crippen LogP contribution in [0.1, 0.15) is 11.1 Å². The molecule has 0 aromatic heterocycles. The first-order valence-electron chi connectivity index (χ1n) is 6.86. The van der Waals surface area contributed by atoms with Crippen molar-refractivity contribution in [3.63, 3.8) is 0 Å². The molecule has 0 amide bonds. The monoisotopic (exact) mass is 304 g/mol. The van der Waals surface area contributed by atoms with Crippen LogP contribution in [0, 0.1) is 5.92 Å². The fourth-order valence-electron chi connectivity index (χ4n) is 2.74. The van der Waals surface area contributed by atoms with E-state index < -0.39 is 0 Å². The maximum Gasteiger partial charge on any atom is 0.0668 e. The molecule has 2 aromatic carbocycles. The van der Waals surface area contributed by atoms with Crippen molar-refractivity contribution >= 4 is 23.4 Å². The molecule has 1 unspecified atom stereocenters. The molecule has 0 saturated heterocycles. The lowest BCUT2D eigenvalue weighted by atomic mass is 10.0. The van der Waals surface area contributed by atoms with Gasteiger partial charge in [-0.3, -0.25) is 0 Å². The van der Waals surface area contributed by atoms with Crippen LogP contribution >= 0.6 is 23.4 Å². The molecule has 104 valence electrons. The van der Waals surface area contributed by atoms with Gasteiger partial charge in [-0.15, -0.1) is 11.8 Å². The fourth-order valence-corrected chi connectivity index (χ4v) is 4.04. The van der Waals surface area contributed by atoms with Crippen molar-refractivity contribution in [2.24, 2.45) is 5.92 Å². The third-order valence-electron chi connectivity index (χ3n) is 3.87. The van der Waals surface area contributed by atoms with Gasteiger partial charge in [0.1, 0.15) is 0 Å². The Kier molecular flexibility index (Phi) is 4.35. The predicted octanol–water partition coefficient (Wildman–Crippen LogP) is 4.21. The minimum absolute atomic E-state index is 0.288. The topological polar surface area (TPSA) is 20.2 Å². The SMILES string of the molecule is OC(CSc1ccccc1Cl)C1Cc2ccccc2C1. The van der Waals surface area contributed by atoms with Gasteiger partial charge in [0.2, 0.25) is 0 Å². The summed E-state index contributed by atoms with van der Waals surface area (Å²) in [6, 6.07) is 16.3. The molecule has 3 heteroatoms. The smallest absolute Gasteiger partial charge is 0.0668 e. The van der Waals surface area contributed by atoms with E-state index in [0.717, 1.165) is 22.8 Å². The summed E-state index contributed by atoms with van der Waals surface area (Å²) >= 11 is 7.78. The molecule has 0 fully saturated rings. The Morgan fingerprint density at radius 1 is 1.05 bits per heavy atom. The molecule has 20 heavy (non-hydrogen) atoms. The van der Waals surface area contributed by atoms with Crippen molar-refractivity contribution in [2.75, 3.05) is 5.75 Å². The van der Waals surface area contributed by atoms with Gasteiger partial charge in [0.15, 0.2) is 0 Å². The molecular formula is C17H17ClOS. The van der Waals surface area contributed by atoms with E-state index in [-0.39, 0.29) is 6.10 Å². The highest BCUT2D eigenvalue weighted by Gasteiger charge is 2.27. The summed E-state index contributed by atoms with van der Waals surface area (Å²) in [7, 11) is 0. The summed E-state index contributed by atoms with van der Waals surface area (Å²) in [6.45, 7) is 0. The van der Waals surface area contributed by atoms with Gasteiger partial charge in [-0.1, -0.05) is 48.0 Å². The van der Waals surface area contributed by atoms with Gasteiger partial charge in [-0.2, -0.15) is 0 Å². The molecular weight excluding hydrogens is 288 g/mol. The second kappa shape index (κ2) is 6.21. The number of benzene rings is 2. The highest BCUT2D eigenvalue weighted by molar-refractivity contribution is 7.99. The molecule has 1 aliphatic carbocycles. The molecule has 0 radical (unpaired) electrons. The van der Waals surface area contributed by atoms with E-state index in [1.54, 1.807) is 11.8 Å². The van der Waals surface area contributed by atoms with Crippen molar-refractivity contribution < 1.29 is 5.11 Å². The van der Waals surface area contributed by atoms with E-state index in [2.05, 4.69) is 24.3 Å². The molecule has 0 bridgehead atoms. The maximum atomic E-state index is 10.4. The van der Waals surface area contributed by atoms with E-state index in [0.29, 0.717) is 11.7 Å². The first kappa shape index (κ1) is 14.0. The number of aliphatic hydroxyl groups excluding tert-OH is 1. The summed E-state index contributed by atoms with van der Waals surface area (Å²) in [5.74, 6) is 1.03. The van der Waals surface area contributed by atoms with Gasteiger partial charge in [0, 0.05) is 10.6 Å². The lowest BCUT2D eigenvalue weighted by Crippen LogP contribution is -2.23. The molecule has 3 rings (SSSR count). The average molecular weight is 305 g/mol. The van der Waals surface area contributed by atoms with Gasteiger partial charge < -0.3 is 5.11 Å². The third kappa shape index (κ3) is 3.03. The zero-order valence-corrected chi connectivity index (χ0v) is 12.7. The van der Waals surface area contributed by atoms with E-state index in [9.17, 15) is 5.11 Å². The number of thioether (sulfide) groups is 1. The number of fused-ring (bicyclic) bond motifs is 1. The number of hydrogen-bond donors (Lipinski definition) is 1. The van der Waals surface area contributed by atoms with Gasteiger partial charge >= 0.3 is 0 Å². The van der Waals surface area contributed by atoms with Crippen molar-refractivity contribution in [1.82, 2.24) is 0 Å². The number of aliphatic hydroxyl groups is 1. The molecule has 1 aliphatic rings. The summed E-state index contributed by atoms with van der Waals surface area (Å²) in [5, 5.41) is 11.2. The Balaban J connectivity index is 1.59. The van der Waals surface area contributed by atoms with Crippen LogP contribution in [-0.4, -0.2) is 17.0 Å². The zero-order valence-electron chi connectivity index (χ0n) is 11.1. The van der Waals surface area contributed by atoms with E-state index in [4.69, 9.17) is 11.6 Å². The zero-order chi connectivity index (χ0) is 13.9. The van der Waals surface area contributed by atoms with Crippen LogP contribution < -0.4 is 0 Å². The van der Waals surface area contributed by atoms with Crippen LogP contribution in [0.25, 0.3) is 0 Å². The number of halogens is 1. The molecule has 1 nitrogen and oxygen atoms in total. The Bertz CT molecular complexity index is 574. The van der Waals surface area contributed by atoms with Gasteiger partial charge in [0.05, 0.1) is 11.1 Å². The standard InChI is InChI=1S/C17H17ClOS/c18-15-7-3-4-8-17(15)20-11-16(19)14-9-12-5-1-2-6-13(12)10-14/h1-8,14,16,19H,9-11H2. The number of rotatable bonds is 4. The van der Waals surface area contributed by atoms with Gasteiger partial charge in [-0.05, 0) is 42.0 Å². The fraction of sp³-hybridized carbons (Fsp3) is 0.294. The molecule has 2 aromatic rings. The molecule has 0 spiro atoms. The van der Waals surface area contributed by atoms with Crippen LogP contribution in [0.3, 0.4) is 0 Å². The van der Waals surface area contributed by atoms with E-state index in [1.807, 2.05) is 24.3 Å². The molecule has 0 saturated carbocycles. The van der Waals surface area contributed by atoms with E-state index >= 15 is 0 Å². The van der Waals surface area contributed by atoms with Crippen LogP contribution in [-0.2, 0) is 12.8 Å². The second-order valence-electron chi connectivity index (χ2n) is 5.25. The highest BCUT2D eigenvalue weighted by atomic mass is 35.5. The van der Waals surface area contributed by atoms with Crippen molar-refractivity contribution in [3.05, 3.63) is 64.7 Å². The summed E-state index contributed by atoms with van der Waals surface area (Å²) in [5.41, 5.74) is 2.78. The lowest BCUT2D eigenvalue weighted by molar-refractivity contribution is 0.135.